The maximum atomic E-state index is 10.6. The lowest BCUT2D eigenvalue weighted by molar-refractivity contribution is 0.404. The topological polar surface area (TPSA) is 60.8 Å². The van der Waals surface area contributed by atoms with Gasteiger partial charge in [-0.15, -0.1) is 4.91 Å². The number of hydrogen-bond donors (Lipinski definition) is 0. The molecule has 0 amide bonds. The van der Waals surface area contributed by atoms with E-state index in [0.717, 1.165) is 16.7 Å². The molecule has 0 fully saturated rings. The van der Waals surface area contributed by atoms with Crippen molar-refractivity contribution >= 4 is 5.69 Å². The minimum absolute atomic E-state index is 0.395. The van der Waals surface area contributed by atoms with Crippen LogP contribution in [-0.2, 0) is 0 Å². The van der Waals surface area contributed by atoms with E-state index in [1.165, 1.54) is 0 Å². The zero-order valence-electron chi connectivity index (χ0n) is 11.9. The standard InChI is InChI=1S/C15H16N2O3/c1-9-7-14(16-8-13(9)19-4)20-15-10(2)5-12(17-18)6-11(15)3/h5-8H,1-4H3. The Morgan fingerprint density at radius 2 is 1.70 bits per heavy atom. The zero-order chi connectivity index (χ0) is 14.7. The van der Waals surface area contributed by atoms with E-state index < -0.39 is 0 Å². The van der Waals surface area contributed by atoms with Crippen LogP contribution in [0, 0.1) is 25.7 Å². The normalized spacial score (nSPS) is 10.2. The molecule has 0 saturated carbocycles. The lowest BCUT2D eigenvalue weighted by atomic mass is 10.1. The Morgan fingerprint density at radius 3 is 2.20 bits per heavy atom. The molecule has 0 radical (unpaired) electrons. The lowest BCUT2D eigenvalue weighted by Crippen LogP contribution is -1.95. The molecular formula is C15H16N2O3. The molecule has 0 atom stereocenters. The largest absolute Gasteiger partial charge is 0.495 e. The number of ether oxygens (including phenoxy) is 2. The first-order valence-corrected chi connectivity index (χ1v) is 6.18. The Labute approximate surface area is 117 Å². The number of aryl methyl sites for hydroxylation is 3. The number of methoxy groups -OCH3 is 1. The van der Waals surface area contributed by atoms with Crippen molar-refractivity contribution in [3.63, 3.8) is 0 Å². The van der Waals surface area contributed by atoms with E-state index >= 15 is 0 Å². The number of rotatable bonds is 4. The summed E-state index contributed by atoms with van der Waals surface area (Å²) in [4.78, 5) is 14.8. The van der Waals surface area contributed by atoms with Gasteiger partial charge in [-0.25, -0.2) is 4.98 Å². The highest BCUT2D eigenvalue weighted by Gasteiger charge is 2.10. The molecule has 20 heavy (non-hydrogen) atoms. The molecule has 0 N–H and O–H groups in total. The Kier molecular flexibility index (Phi) is 3.98. The van der Waals surface area contributed by atoms with Crippen LogP contribution >= 0.6 is 0 Å². The molecular weight excluding hydrogens is 256 g/mol. The van der Waals surface area contributed by atoms with Crippen molar-refractivity contribution in [2.24, 2.45) is 5.18 Å². The van der Waals surface area contributed by atoms with Crippen LogP contribution in [0.25, 0.3) is 0 Å². The van der Waals surface area contributed by atoms with Gasteiger partial charge in [-0.1, -0.05) is 0 Å². The van der Waals surface area contributed by atoms with E-state index in [4.69, 9.17) is 9.47 Å². The van der Waals surface area contributed by atoms with Crippen LogP contribution < -0.4 is 9.47 Å². The first kappa shape index (κ1) is 14.0. The van der Waals surface area contributed by atoms with E-state index in [-0.39, 0.29) is 0 Å². The van der Waals surface area contributed by atoms with Crippen LogP contribution in [0.1, 0.15) is 16.7 Å². The molecule has 0 unspecified atom stereocenters. The highest BCUT2D eigenvalue weighted by molar-refractivity contribution is 5.52. The summed E-state index contributed by atoms with van der Waals surface area (Å²) in [5.74, 6) is 1.89. The third-order valence-corrected chi connectivity index (χ3v) is 3.01. The van der Waals surface area contributed by atoms with Gasteiger partial charge in [0.1, 0.15) is 17.2 Å². The van der Waals surface area contributed by atoms with Crippen LogP contribution in [-0.4, -0.2) is 12.1 Å². The molecule has 5 nitrogen and oxygen atoms in total. The zero-order valence-corrected chi connectivity index (χ0v) is 11.9. The SMILES string of the molecule is COc1cnc(Oc2c(C)cc(N=O)cc2C)cc1C. The Morgan fingerprint density at radius 1 is 1.05 bits per heavy atom. The predicted octanol–water partition coefficient (Wildman–Crippen LogP) is 4.21. The Bertz CT molecular complexity index is 631. The molecule has 0 aliphatic rings. The van der Waals surface area contributed by atoms with Gasteiger partial charge in [0.2, 0.25) is 5.88 Å². The Hall–Kier alpha value is -2.43. The summed E-state index contributed by atoms with van der Waals surface area (Å²) in [7, 11) is 1.60. The maximum Gasteiger partial charge on any atom is 0.219 e. The number of pyridine rings is 1. The predicted molar refractivity (Wildman–Crippen MR) is 77.0 cm³/mol. The van der Waals surface area contributed by atoms with Gasteiger partial charge in [0, 0.05) is 6.07 Å². The van der Waals surface area contributed by atoms with Gasteiger partial charge >= 0.3 is 0 Å². The number of hydrogen-bond acceptors (Lipinski definition) is 5. The Balaban J connectivity index is 2.35. The van der Waals surface area contributed by atoms with Crippen LogP contribution in [0.15, 0.2) is 29.6 Å². The van der Waals surface area contributed by atoms with Crippen molar-refractivity contribution in [3.05, 3.63) is 46.0 Å². The van der Waals surface area contributed by atoms with Crippen LogP contribution in [0.3, 0.4) is 0 Å². The monoisotopic (exact) mass is 272 g/mol. The second kappa shape index (κ2) is 5.69. The molecule has 5 heteroatoms. The smallest absolute Gasteiger partial charge is 0.219 e. The summed E-state index contributed by atoms with van der Waals surface area (Å²) < 4.78 is 11.0. The van der Waals surface area contributed by atoms with Crippen molar-refractivity contribution in [2.45, 2.75) is 20.8 Å². The fourth-order valence-corrected chi connectivity index (χ4v) is 2.03. The molecule has 0 saturated heterocycles. The minimum atomic E-state index is 0.395. The van der Waals surface area contributed by atoms with Crippen molar-refractivity contribution < 1.29 is 9.47 Å². The second-order valence-electron chi connectivity index (χ2n) is 4.59. The van der Waals surface area contributed by atoms with Crippen LogP contribution in [0.4, 0.5) is 5.69 Å². The van der Waals surface area contributed by atoms with Gasteiger partial charge in [0.05, 0.1) is 13.3 Å². The van der Waals surface area contributed by atoms with Crippen molar-refractivity contribution in [2.75, 3.05) is 7.11 Å². The summed E-state index contributed by atoms with van der Waals surface area (Å²) in [6, 6.07) is 5.18. The highest BCUT2D eigenvalue weighted by atomic mass is 16.5. The fraction of sp³-hybridized carbons (Fsp3) is 0.267. The summed E-state index contributed by atoms with van der Waals surface area (Å²) in [5.41, 5.74) is 3.02. The van der Waals surface area contributed by atoms with Gasteiger partial charge < -0.3 is 9.47 Å². The van der Waals surface area contributed by atoms with E-state index in [9.17, 15) is 4.91 Å². The average molecular weight is 272 g/mol. The quantitative estimate of drug-likeness (QED) is 0.782. The van der Waals surface area contributed by atoms with E-state index in [1.807, 2.05) is 26.8 Å². The number of benzene rings is 1. The van der Waals surface area contributed by atoms with Gasteiger partial charge in [-0.05, 0) is 54.8 Å². The molecule has 1 aromatic heterocycles. The fourth-order valence-electron chi connectivity index (χ4n) is 2.03. The summed E-state index contributed by atoms with van der Waals surface area (Å²) in [5, 5.41) is 2.94. The summed E-state index contributed by atoms with van der Waals surface area (Å²) >= 11 is 0. The molecule has 2 rings (SSSR count). The second-order valence-corrected chi connectivity index (χ2v) is 4.59. The number of nitroso groups, excluding NO2 is 1. The summed E-state index contributed by atoms with van der Waals surface area (Å²) in [6.07, 6.45) is 1.62. The third-order valence-electron chi connectivity index (χ3n) is 3.01. The van der Waals surface area contributed by atoms with E-state index in [0.29, 0.717) is 23.1 Å². The molecule has 0 aliphatic heterocycles. The lowest BCUT2D eigenvalue weighted by Gasteiger charge is -2.12. The van der Waals surface area contributed by atoms with E-state index in [1.54, 1.807) is 25.4 Å². The van der Waals surface area contributed by atoms with E-state index in [2.05, 4.69) is 10.2 Å². The molecule has 0 aliphatic carbocycles. The number of nitrogens with zero attached hydrogens (tertiary/aromatic N) is 2. The molecule has 0 spiro atoms. The van der Waals surface area contributed by atoms with Crippen LogP contribution in [0.5, 0.6) is 17.4 Å². The van der Waals surface area contributed by atoms with Crippen LogP contribution in [0.2, 0.25) is 0 Å². The molecule has 0 bridgehead atoms. The third kappa shape index (κ3) is 2.77. The van der Waals surface area contributed by atoms with Crippen molar-refractivity contribution in [1.29, 1.82) is 0 Å². The first-order chi connectivity index (χ1) is 9.55. The maximum absolute atomic E-state index is 10.6. The molecule has 1 heterocycles. The molecule has 1 aromatic carbocycles. The first-order valence-electron chi connectivity index (χ1n) is 6.18. The van der Waals surface area contributed by atoms with Gasteiger partial charge in [-0.3, -0.25) is 0 Å². The van der Waals surface area contributed by atoms with Gasteiger partial charge in [0.25, 0.3) is 0 Å². The molecule has 104 valence electrons. The summed E-state index contributed by atoms with van der Waals surface area (Å²) in [6.45, 7) is 5.66. The van der Waals surface area contributed by atoms with Crippen molar-refractivity contribution in [3.8, 4) is 17.4 Å². The molecule has 2 aromatic rings. The van der Waals surface area contributed by atoms with Gasteiger partial charge in [-0.2, -0.15) is 0 Å². The van der Waals surface area contributed by atoms with Gasteiger partial charge in [0.15, 0.2) is 0 Å². The number of aromatic nitrogens is 1. The average Bonchev–Trinajstić information content (AvgIpc) is 2.42. The van der Waals surface area contributed by atoms with Crippen molar-refractivity contribution in [1.82, 2.24) is 4.98 Å². The minimum Gasteiger partial charge on any atom is -0.495 e. The highest BCUT2D eigenvalue weighted by Crippen LogP contribution is 2.32.